The number of hydrogen-bond acceptors (Lipinski definition) is 3. The van der Waals surface area contributed by atoms with Gasteiger partial charge in [0.15, 0.2) is 0 Å². The monoisotopic (exact) mass is 343 g/mol. The van der Waals surface area contributed by atoms with E-state index in [1.165, 1.54) is 12.1 Å². The number of nitro groups is 1. The highest BCUT2D eigenvalue weighted by Gasteiger charge is 2.13. The van der Waals surface area contributed by atoms with E-state index in [1.807, 2.05) is 18.5 Å². The van der Waals surface area contributed by atoms with Crippen molar-refractivity contribution < 1.29 is 4.92 Å². The van der Waals surface area contributed by atoms with Crippen molar-refractivity contribution in [3.8, 4) is 0 Å². The molecule has 0 saturated heterocycles. The summed E-state index contributed by atoms with van der Waals surface area (Å²) in [5, 5.41) is 15.4. The quantitative estimate of drug-likeness (QED) is 0.627. The fourth-order valence-electron chi connectivity index (χ4n) is 1.77. The molecule has 0 saturated carbocycles. The molecule has 0 atom stereocenters. The molecule has 0 aliphatic carbocycles. The molecular formula is C12H11BrClN3O2. The molecule has 0 aliphatic heterocycles. The van der Waals surface area contributed by atoms with E-state index in [4.69, 9.17) is 11.6 Å². The molecule has 1 aromatic carbocycles. The summed E-state index contributed by atoms with van der Waals surface area (Å²) in [6.07, 6.45) is 0. The van der Waals surface area contributed by atoms with Gasteiger partial charge in [-0.3, -0.25) is 14.8 Å². The summed E-state index contributed by atoms with van der Waals surface area (Å²) in [7, 11) is 0. The Bertz CT molecular complexity index is 655. The fraction of sp³-hybridized carbons (Fsp3) is 0.250. The van der Waals surface area contributed by atoms with Crippen molar-refractivity contribution in [1.29, 1.82) is 0 Å². The third-order valence-corrected chi connectivity index (χ3v) is 4.36. The normalized spacial score (nSPS) is 10.7. The van der Waals surface area contributed by atoms with Gasteiger partial charge in [0.05, 0.1) is 32.4 Å². The molecule has 100 valence electrons. The molecule has 0 bridgehead atoms. The smallest absolute Gasteiger partial charge is 0.264 e. The highest BCUT2D eigenvalue weighted by molar-refractivity contribution is 9.10. The Balaban J connectivity index is 2.33. The van der Waals surface area contributed by atoms with Crippen LogP contribution in [0.3, 0.4) is 0 Å². The lowest BCUT2D eigenvalue weighted by Gasteiger charge is -2.06. The van der Waals surface area contributed by atoms with Gasteiger partial charge in [-0.2, -0.15) is 5.10 Å². The SMILES string of the molecule is Cc1nn(Cc2ccc([N+](=O)[O-])cc2Cl)c(C)c1Br. The van der Waals surface area contributed by atoms with Gasteiger partial charge in [0.2, 0.25) is 0 Å². The molecule has 19 heavy (non-hydrogen) atoms. The zero-order valence-corrected chi connectivity index (χ0v) is 12.7. The topological polar surface area (TPSA) is 61.0 Å². The van der Waals surface area contributed by atoms with Gasteiger partial charge in [-0.05, 0) is 41.4 Å². The Hall–Kier alpha value is -1.40. The van der Waals surface area contributed by atoms with Crippen LogP contribution >= 0.6 is 27.5 Å². The van der Waals surface area contributed by atoms with Crippen LogP contribution in [0.5, 0.6) is 0 Å². The first-order chi connectivity index (χ1) is 8.90. The van der Waals surface area contributed by atoms with E-state index in [9.17, 15) is 10.1 Å². The van der Waals surface area contributed by atoms with Crippen LogP contribution in [0.25, 0.3) is 0 Å². The van der Waals surface area contributed by atoms with Crippen LogP contribution in [0.4, 0.5) is 5.69 Å². The Labute approximate surface area is 123 Å². The number of hydrogen-bond donors (Lipinski definition) is 0. The summed E-state index contributed by atoms with van der Waals surface area (Å²) in [6, 6.07) is 4.46. The summed E-state index contributed by atoms with van der Waals surface area (Å²) >= 11 is 9.52. The molecule has 1 aromatic heterocycles. The molecule has 2 rings (SSSR count). The van der Waals surface area contributed by atoms with Crippen molar-refractivity contribution in [2.24, 2.45) is 0 Å². The van der Waals surface area contributed by atoms with Gasteiger partial charge in [0.1, 0.15) is 0 Å². The van der Waals surface area contributed by atoms with Gasteiger partial charge in [0.25, 0.3) is 5.69 Å². The zero-order valence-electron chi connectivity index (χ0n) is 10.4. The molecule has 1 heterocycles. The first-order valence-corrected chi connectivity index (χ1v) is 6.69. The largest absolute Gasteiger partial charge is 0.270 e. The lowest BCUT2D eigenvalue weighted by molar-refractivity contribution is -0.384. The van der Waals surface area contributed by atoms with Crippen LogP contribution in [0.1, 0.15) is 17.0 Å². The van der Waals surface area contributed by atoms with Gasteiger partial charge in [-0.1, -0.05) is 11.6 Å². The van der Waals surface area contributed by atoms with Crippen molar-refractivity contribution in [2.45, 2.75) is 20.4 Å². The van der Waals surface area contributed by atoms with Crippen LogP contribution in [0, 0.1) is 24.0 Å². The number of aromatic nitrogens is 2. The Morgan fingerprint density at radius 3 is 2.63 bits per heavy atom. The lowest BCUT2D eigenvalue weighted by Crippen LogP contribution is -2.04. The van der Waals surface area contributed by atoms with E-state index in [1.54, 1.807) is 6.07 Å². The van der Waals surface area contributed by atoms with Gasteiger partial charge < -0.3 is 0 Å². The second kappa shape index (κ2) is 5.30. The first kappa shape index (κ1) is 14.0. The number of non-ortho nitro benzene ring substituents is 1. The standard InChI is InChI=1S/C12H11BrClN3O2/c1-7-12(13)8(2)16(15-7)6-9-3-4-10(17(18)19)5-11(9)14/h3-5H,6H2,1-2H3. The summed E-state index contributed by atoms with van der Waals surface area (Å²) in [6.45, 7) is 4.34. The number of aryl methyl sites for hydroxylation is 1. The molecule has 0 N–H and O–H groups in total. The van der Waals surface area contributed by atoms with Crippen LogP contribution in [-0.4, -0.2) is 14.7 Å². The molecule has 7 heteroatoms. The number of benzene rings is 1. The van der Waals surface area contributed by atoms with Gasteiger partial charge in [-0.15, -0.1) is 0 Å². The minimum absolute atomic E-state index is 0.0108. The third-order valence-electron chi connectivity index (χ3n) is 2.86. The number of halogens is 2. The molecule has 0 amide bonds. The Morgan fingerprint density at radius 1 is 1.47 bits per heavy atom. The average Bonchev–Trinajstić information content (AvgIpc) is 2.59. The van der Waals surface area contributed by atoms with Crippen LogP contribution in [0.2, 0.25) is 5.02 Å². The number of nitro benzene ring substituents is 1. The van der Waals surface area contributed by atoms with Crippen molar-refractivity contribution in [1.82, 2.24) is 9.78 Å². The third kappa shape index (κ3) is 2.79. The first-order valence-electron chi connectivity index (χ1n) is 5.52. The number of rotatable bonds is 3. The van der Waals surface area contributed by atoms with Crippen LogP contribution in [0.15, 0.2) is 22.7 Å². The molecule has 0 radical (unpaired) electrons. The summed E-state index contributed by atoms with van der Waals surface area (Å²) in [4.78, 5) is 10.2. The van der Waals surface area contributed by atoms with E-state index in [0.717, 1.165) is 21.4 Å². The minimum atomic E-state index is -0.463. The van der Waals surface area contributed by atoms with Crippen molar-refractivity contribution >= 4 is 33.2 Å². The maximum absolute atomic E-state index is 10.6. The fourth-order valence-corrected chi connectivity index (χ4v) is 2.29. The van der Waals surface area contributed by atoms with Crippen molar-refractivity contribution in [3.63, 3.8) is 0 Å². The van der Waals surface area contributed by atoms with E-state index in [-0.39, 0.29) is 5.69 Å². The summed E-state index contributed by atoms with van der Waals surface area (Å²) < 4.78 is 2.78. The molecule has 0 fully saturated rings. The predicted molar refractivity (Wildman–Crippen MR) is 76.6 cm³/mol. The van der Waals surface area contributed by atoms with Crippen molar-refractivity contribution in [3.05, 3.63) is 54.8 Å². The molecule has 0 aliphatic rings. The molecule has 2 aromatic rings. The maximum atomic E-state index is 10.6. The second-order valence-corrected chi connectivity index (χ2v) is 5.38. The van der Waals surface area contributed by atoms with E-state index in [2.05, 4.69) is 21.0 Å². The average molecular weight is 345 g/mol. The Kier molecular flexibility index (Phi) is 3.91. The minimum Gasteiger partial charge on any atom is -0.264 e. The molecule has 0 spiro atoms. The van der Waals surface area contributed by atoms with Gasteiger partial charge >= 0.3 is 0 Å². The molecule has 5 nitrogen and oxygen atoms in total. The number of nitrogens with zero attached hydrogens (tertiary/aromatic N) is 3. The van der Waals surface area contributed by atoms with E-state index >= 15 is 0 Å². The highest BCUT2D eigenvalue weighted by atomic mass is 79.9. The second-order valence-electron chi connectivity index (χ2n) is 4.18. The van der Waals surface area contributed by atoms with E-state index < -0.39 is 4.92 Å². The molecular weight excluding hydrogens is 334 g/mol. The van der Waals surface area contributed by atoms with Crippen LogP contribution in [-0.2, 0) is 6.54 Å². The lowest BCUT2D eigenvalue weighted by atomic mass is 10.2. The predicted octanol–water partition coefficient (Wildman–Crippen LogP) is 3.87. The maximum Gasteiger partial charge on any atom is 0.270 e. The summed E-state index contributed by atoms with van der Waals surface area (Å²) in [5.41, 5.74) is 2.68. The highest BCUT2D eigenvalue weighted by Crippen LogP contribution is 2.25. The van der Waals surface area contributed by atoms with Crippen molar-refractivity contribution in [2.75, 3.05) is 0 Å². The zero-order chi connectivity index (χ0) is 14.2. The summed E-state index contributed by atoms with van der Waals surface area (Å²) in [5.74, 6) is 0. The van der Waals surface area contributed by atoms with Gasteiger partial charge in [-0.25, -0.2) is 0 Å². The Morgan fingerprint density at radius 2 is 2.16 bits per heavy atom. The van der Waals surface area contributed by atoms with Crippen LogP contribution < -0.4 is 0 Å². The van der Waals surface area contributed by atoms with E-state index in [0.29, 0.717) is 11.6 Å². The molecule has 0 unspecified atom stereocenters. The van der Waals surface area contributed by atoms with Gasteiger partial charge in [0, 0.05) is 12.1 Å².